The van der Waals surface area contributed by atoms with Gasteiger partial charge in [0.05, 0.1) is 6.04 Å². The quantitative estimate of drug-likeness (QED) is 0.902. The normalized spacial score (nSPS) is 12.4. The second-order valence-corrected chi connectivity index (χ2v) is 5.32. The molecular weight excluding hydrogens is 264 g/mol. The van der Waals surface area contributed by atoms with Gasteiger partial charge in [-0.05, 0) is 19.5 Å². The second-order valence-electron chi connectivity index (χ2n) is 5.32. The number of nitrogens with two attached hydrogens (primary N) is 1. The van der Waals surface area contributed by atoms with Crippen molar-refractivity contribution in [2.75, 3.05) is 31.8 Å². The molecule has 0 aliphatic rings. The van der Waals surface area contributed by atoms with Crippen LogP contribution in [0.15, 0.2) is 30.3 Å². The summed E-state index contributed by atoms with van der Waals surface area (Å²) in [5.74, 6) is 1.52. The minimum atomic E-state index is 0.0502. The van der Waals surface area contributed by atoms with Gasteiger partial charge in [-0.25, -0.2) is 0 Å². The monoisotopic (exact) mass is 286 g/mol. The molecule has 21 heavy (non-hydrogen) atoms. The van der Waals surface area contributed by atoms with Gasteiger partial charge in [0.2, 0.25) is 11.9 Å². The average molecular weight is 286 g/mol. The van der Waals surface area contributed by atoms with Crippen LogP contribution >= 0.6 is 0 Å². The van der Waals surface area contributed by atoms with Gasteiger partial charge in [-0.15, -0.1) is 0 Å². The fraction of sp³-hybridized carbons (Fsp3) is 0.400. The molecule has 0 spiro atoms. The molecular formula is C15H22N6. The third-order valence-electron chi connectivity index (χ3n) is 3.37. The second kappa shape index (κ2) is 6.49. The Kier molecular flexibility index (Phi) is 4.70. The van der Waals surface area contributed by atoms with Gasteiger partial charge in [0, 0.05) is 20.6 Å². The number of rotatable bonds is 5. The van der Waals surface area contributed by atoms with Crippen molar-refractivity contribution in [1.29, 1.82) is 0 Å². The van der Waals surface area contributed by atoms with Crippen molar-refractivity contribution in [1.82, 2.24) is 19.9 Å². The predicted molar refractivity (Wildman–Crippen MR) is 84.9 cm³/mol. The first kappa shape index (κ1) is 15.2. The molecule has 112 valence electrons. The highest BCUT2D eigenvalue weighted by molar-refractivity contribution is 5.33. The molecule has 0 radical (unpaired) electrons. The maximum Gasteiger partial charge on any atom is 0.229 e. The maximum atomic E-state index is 5.78. The van der Waals surface area contributed by atoms with E-state index in [1.807, 2.05) is 44.2 Å². The van der Waals surface area contributed by atoms with Crippen molar-refractivity contribution in [3.8, 4) is 0 Å². The Morgan fingerprint density at radius 3 is 2.33 bits per heavy atom. The van der Waals surface area contributed by atoms with E-state index in [1.165, 1.54) is 5.56 Å². The lowest BCUT2D eigenvalue weighted by Gasteiger charge is -2.24. The van der Waals surface area contributed by atoms with E-state index in [4.69, 9.17) is 5.73 Å². The van der Waals surface area contributed by atoms with Crippen LogP contribution < -0.4 is 10.6 Å². The standard InChI is InChI=1S/C15H22N6/c1-11(21(4)10-12-8-6-5-7-9-12)13-17-14(16)19-15(18-13)20(2)3/h5-9,11H,10H2,1-4H3,(H2,16,17,18,19). The highest BCUT2D eigenvalue weighted by Crippen LogP contribution is 2.19. The molecule has 0 aliphatic heterocycles. The highest BCUT2D eigenvalue weighted by Gasteiger charge is 2.17. The minimum absolute atomic E-state index is 0.0502. The van der Waals surface area contributed by atoms with Gasteiger partial charge in [-0.1, -0.05) is 30.3 Å². The van der Waals surface area contributed by atoms with Crippen molar-refractivity contribution in [3.63, 3.8) is 0 Å². The number of aromatic nitrogens is 3. The molecule has 1 aromatic heterocycles. The smallest absolute Gasteiger partial charge is 0.229 e. The minimum Gasteiger partial charge on any atom is -0.368 e. The van der Waals surface area contributed by atoms with Crippen molar-refractivity contribution >= 4 is 11.9 Å². The maximum absolute atomic E-state index is 5.78. The van der Waals surface area contributed by atoms with Crippen LogP contribution in [0.4, 0.5) is 11.9 Å². The summed E-state index contributed by atoms with van der Waals surface area (Å²) in [5.41, 5.74) is 7.03. The lowest BCUT2D eigenvalue weighted by atomic mass is 10.2. The van der Waals surface area contributed by atoms with Gasteiger partial charge >= 0.3 is 0 Å². The van der Waals surface area contributed by atoms with Crippen molar-refractivity contribution < 1.29 is 0 Å². The third kappa shape index (κ3) is 3.88. The van der Waals surface area contributed by atoms with Gasteiger partial charge in [-0.3, -0.25) is 4.90 Å². The molecule has 2 aromatic rings. The number of nitrogens with zero attached hydrogens (tertiary/aromatic N) is 5. The molecule has 2 N–H and O–H groups in total. The lowest BCUT2D eigenvalue weighted by Crippen LogP contribution is -2.25. The summed E-state index contributed by atoms with van der Waals surface area (Å²) in [6.07, 6.45) is 0. The Hall–Kier alpha value is -2.21. The van der Waals surface area contributed by atoms with Crippen LogP contribution in [0.25, 0.3) is 0 Å². The summed E-state index contributed by atoms with van der Waals surface area (Å²) in [7, 11) is 5.82. The van der Waals surface area contributed by atoms with E-state index >= 15 is 0 Å². The summed E-state index contributed by atoms with van der Waals surface area (Å²) in [5, 5.41) is 0. The molecule has 2 rings (SSSR count). The molecule has 1 aromatic carbocycles. The molecule has 0 fully saturated rings. The van der Waals surface area contributed by atoms with Crippen LogP contribution in [-0.2, 0) is 6.54 Å². The van der Waals surface area contributed by atoms with Crippen molar-refractivity contribution in [3.05, 3.63) is 41.7 Å². The first-order valence-electron chi connectivity index (χ1n) is 6.90. The summed E-state index contributed by atoms with van der Waals surface area (Å²) >= 11 is 0. The van der Waals surface area contributed by atoms with Crippen molar-refractivity contribution in [2.45, 2.75) is 19.5 Å². The van der Waals surface area contributed by atoms with Gasteiger partial charge in [0.15, 0.2) is 5.82 Å². The van der Waals surface area contributed by atoms with Gasteiger partial charge in [0.1, 0.15) is 0 Å². The zero-order valence-electron chi connectivity index (χ0n) is 13.0. The van der Waals surface area contributed by atoms with E-state index in [2.05, 4.69) is 38.9 Å². The Morgan fingerprint density at radius 2 is 1.71 bits per heavy atom. The fourth-order valence-electron chi connectivity index (χ4n) is 1.99. The molecule has 1 heterocycles. The third-order valence-corrected chi connectivity index (χ3v) is 3.37. The number of nitrogen functional groups attached to an aromatic ring is 1. The van der Waals surface area contributed by atoms with E-state index in [9.17, 15) is 0 Å². The lowest BCUT2D eigenvalue weighted by molar-refractivity contribution is 0.243. The topological polar surface area (TPSA) is 71.2 Å². The van der Waals surface area contributed by atoms with Gasteiger partial charge < -0.3 is 10.6 Å². The molecule has 0 aliphatic carbocycles. The van der Waals surface area contributed by atoms with E-state index < -0.39 is 0 Å². The molecule has 0 saturated heterocycles. The predicted octanol–water partition coefficient (Wildman–Crippen LogP) is 1.71. The highest BCUT2D eigenvalue weighted by atomic mass is 15.3. The number of hydrogen-bond acceptors (Lipinski definition) is 6. The van der Waals surface area contributed by atoms with Crippen LogP contribution in [0, 0.1) is 0 Å². The Bertz CT molecular complexity index is 584. The molecule has 1 unspecified atom stereocenters. The number of benzene rings is 1. The molecule has 6 nitrogen and oxygen atoms in total. The Balaban J connectivity index is 2.17. The van der Waals surface area contributed by atoms with Crippen LogP contribution in [0.1, 0.15) is 24.4 Å². The molecule has 0 bridgehead atoms. The summed E-state index contributed by atoms with van der Waals surface area (Å²) in [4.78, 5) is 16.9. The van der Waals surface area contributed by atoms with Crippen LogP contribution in [0.5, 0.6) is 0 Å². The molecule has 6 heteroatoms. The first-order valence-corrected chi connectivity index (χ1v) is 6.90. The van der Waals surface area contributed by atoms with E-state index in [0.29, 0.717) is 11.8 Å². The van der Waals surface area contributed by atoms with E-state index in [1.54, 1.807) is 0 Å². The van der Waals surface area contributed by atoms with Crippen LogP contribution in [0.3, 0.4) is 0 Å². The van der Waals surface area contributed by atoms with E-state index in [-0.39, 0.29) is 12.0 Å². The Morgan fingerprint density at radius 1 is 1.05 bits per heavy atom. The number of anilines is 2. The first-order chi connectivity index (χ1) is 9.97. The van der Waals surface area contributed by atoms with Crippen LogP contribution in [-0.4, -0.2) is 41.0 Å². The molecule has 0 amide bonds. The van der Waals surface area contributed by atoms with Crippen LogP contribution in [0.2, 0.25) is 0 Å². The SMILES string of the molecule is CC(c1nc(N)nc(N(C)C)n1)N(C)Cc1ccccc1. The zero-order valence-corrected chi connectivity index (χ0v) is 13.0. The summed E-state index contributed by atoms with van der Waals surface area (Å²) < 4.78 is 0. The fourth-order valence-corrected chi connectivity index (χ4v) is 1.99. The average Bonchev–Trinajstić information content (AvgIpc) is 2.46. The Labute approximate surface area is 125 Å². The van der Waals surface area contributed by atoms with Crippen molar-refractivity contribution in [2.24, 2.45) is 0 Å². The molecule has 0 saturated carbocycles. The largest absolute Gasteiger partial charge is 0.368 e. The summed E-state index contributed by atoms with van der Waals surface area (Å²) in [6, 6.07) is 10.4. The van der Waals surface area contributed by atoms with Gasteiger partial charge in [-0.2, -0.15) is 15.0 Å². The van der Waals surface area contributed by atoms with E-state index in [0.717, 1.165) is 6.54 Å². The zero-order chi connectivity index (χ0) is 15.4. The summed E-state index contributed by atoms with van der Waals surface area (Å²) in [6.45, 7) is 2.89. The number of hydrogen-bond donors (Lipinski definition) is 1. The van der Waals surface area contributed by atoms with Gasteiger partial charge in [0.25, 0.3) is 0 Å². The molecule has 1 atom stereocenters.